The number of aryl methyl sites for hydroxylation is 1. The van der Waals surface area contributed by atoms with E-state index >= 15 is 0 Å². The Balaban J connectivity index is 1.78. The van der Waals surface area contributed by atoms with Crippen LogP contribution in [0.15, 0.2) is 16.8 Å². The molecule has 7 heteroatoms. The quantitative estimate of drug-likeness (QED) is 0.851. The van der Waals surface area contributed by atoms with E-state index in [9.17, 15) is 4.79 Å². The molecule has 112 valence electrons. The van der Waals surface area contributed by atoms with Crippen LogP contribution in [-0.4, -0.2) is 46.1 Å². The topological polar surface area (TPSA) is 60.2 Å². The zero-order valence-corrected chi connectivity index (χ0v) is 13.0. The Kier molecular flexibility index (Phi) is 4.03. The summed E-state index contributed by atoms with van der Waals surface area (Å²) in [6, 6.07) is 1.99. The number of hydrogen-bond donors (Lipinski definition) is 0. The number of fused-ring (bicyclic) bond motifs is 1. The number of amides is 1. The number of carbonyl (C=O) groups is 1. The molecule has 1 atom stereocenters. The van der Waals surface area contributed by atoms with Crippen LogP contribution >= 0.6 is 11.3 Å². The van der Waals surface area contributed by atoms with Crippen LogP contribution in [0.3, 0.4) is 0 Å². The van der Waals surface area contributed by atoms with Crippen molar-refractivity contribution in [2.45, 2.75) is 18.9 Å². The average molecular weight is 306 g/mol. The summed E-state index contributed by atoms with van der Waals surface area (Å²) in [6.07, 6.45) is 0.443. The van der Waals surface area contributed by atoms with E-state index in [1.54, 1.807) is 23.1 Å². The molecular formula is C14H18N4O2S. The van der Waals surface area contributed by atoms with Crippen molar-refractivity contribution in [1.29, 1.82) is 0 Å². The van der Waals surface area contributed by atoms with Crippen molar-refractivity contribution in [2.24, 2.45) is 7.05 Å². The first-order valence-electron chi connectivity index (χ1n) is 6.85. The molecule has 2 aromatic heterocycles. The third-order valence-corrected chi connectivity index (χ3v) is 4.50. The molecule has 0 aromatic carbocycles. The Morgan fingerprint density at radius 1 is 1.57 bits per heavy atom. The van der Waals surface area contributed by atoms with Gasteiger partial charge in [0.05, 0.1) is 25.3 Å². The fourth-order valence-corrected chi connectivity index (χ4v) is 3.49. The van der Waals surface area contributed by atoms with Crippen LogP contribution in [-0.2, 0) is 29.5 Å². The number of hydrogen-bond acceptors (Lipinski definition) is 5. The van der Waals surface area contributed by atoms with Gasteiger partial charge in [0.2, 0.25) is 5.91 Å². The van der Waals surface area contributed by atoms with Gasteiger partial charge < -0.3 is 9.64 Å². The monoisotopic (exact) mass is 306 g/mol. The Morgan fingerprint density at radius 2 is 2.43 bits per heavy atom. The van der Waals surface area contributed by atoms with Crippen molar-refractivity contribution >= 4 is 17.2 Å². The first-order valence-corrected chi connectivity index (χ1v) is 7.79. The Hall–Kier alpha value is -1.73. The molecule has 2 aromatic rings. The normalized spacial score (nSPS) is 17.8. The van der Waals surface area contributed by atoms with Gasteiger partial charge >= 0.3 is 0 Å². The summed E-state index contributed by atoms with van der Waals surface area (Å²) in [5.41, 5.74) is 3.03. The first kappa shape index (κ1) is 14.2. The summed E-state index contributed by atoms with van der Waals surface area (Å²) >= 11 is 1.61. The van der Waals surface area contributed by atoms with E-state index in [4.69, 9.17) is 4.74 Å². The number of thiophene rings is 1. The fourth-order valence-electron chi connectivity index (χ4n) is 2.82. The minimum absolute atomic E-state index is 0.130. The number of ether oxygens (including phenoxy) is 1. The highest BCUT2D eigenvalue weighted by atomic mass is 32.1. The minimum Gasteiger partial charge on any atom is -0.384 e. The van der Waals surface area contributed by atoms with Crippen molar-refractivity contribution < 1.29 is 9.53 Å². The lowest BCUT2D eigenvalue weighted by atomic mass is 9.98. The second-order valence-corrected chi connectivity index (χ2v) is 6.06. The molecule has 0 fully saturated rings. The molecule has 0 saturated carbocycles. The molecule has 0 aliphatic carbocycles. The van der Waals surface area contributed by atoms with Crippen molar-refractivity contribution in [3.63, 3.8) is 0 Å². The minimum atomic E-state index is 0.130. The SMILES string of the molecule is COC[C@H]1CN(C(=O)Cc2ccsc2)Cc2nnn(C)c21. The second kappa shape index (κ2) is 5.95. The Bertz CT molecular complexity index is 623. The van der Waals surface area contributed by atoms with E-state index in [1.807, 2.05) is 28.8 Å². The van der Waals surface area contributed by atoms with Gasteiger partial charge in [0.1, 0.15) is 5.69 Å². The highest BCUT2D eigenvalue weighted by Crippen LogP contribution is 2.27. The van der Waals surface area contributed by atoms with Crippen LogP contribution in [0.2, 0.25) is 0 Å². The second-order valence-electron chi connectivity index (χ2n) is 5.28. The zero-order valence-electron chi connectivity index (χ0n) is 12.2. The predicted octanol–water partition coefficient (Wildman–Crippen LogP) is 1.19. The fraction of sp³-hybridized carbons (Fsp3) is 0.500. The van der Waals surface area contributed by atoms with Gasteiger partial charge in [-0.25, -0.2) is 0 Å². The van der Waals surface area contributed by atoms with Gasteiger partial charge in [-0.2, -0.15) is 11.3 Å². The van der Waals surface area contributed by atoms with Crippen LogP contribution in [0.25, 0.3) is 0 Å². The van der Waals surface area contributed by atoms with E-state index in [2.05, 4.69) is 10.3 Å². The number of methoxy groups -OCH3 is 1. The van der Waals surface area contributed by atoms with E-state index in [-0.39, 0.29) is 11.8 Å². The van der Waals surface area contributed by atoms with Gasteiger partial charge in [-0.15, -0.1) is 5.10 Å². The van der Waals surface area contributed by atoms with Crippen molar-refractivity contribution in [3.8, 4) is 0 Å². The van der Waals surface area contributed by atoms with Crippen LogP contribution in [0.4, 0.5) is 0 Å². The maximum Gasteiger partial charge on any atom is 0.227 e. The van der Waals surface area contributed by atoms with Crippen molar-refractivity contribution in [2.75, 3.05) is 20.3 Å². The summed E-state index contributed by atoms with van der Waals surface area (Å²) < 4.78 is 7.08. The van der Waals surface area contributed by atoms with E-state index in [0.717, 1.165) is 17.0 Å². The molecule has 1 aliphatic rings. The van der Waals surface area contributed by atoms with E-state index in [0.29, 0.717) is 26.1 Å². The summed E-state index contributed by atoms with van der Waals surface area (Å²) in [7, 11) is 3.56. The van der Waals surface area contributed by atoms with Gasteiger partial charge in [-0.3, -0.25) is 9.48 Å². The summed E-state index contributed by atoms with van der Waals surface area (Å²) in [6.45, 7) is 1.76. The Morgan fingerprint density at radius 3 is 3.14 bits per heavy atom. The van der Waals surface area contributed by atoms with Crippen molar-refractivity contribution in [1.82, 2.24) is 19.9 Å². The summed E-state index contributed by atoms with van der Waals surface area (Å²) in [5.74, 6) is 0.260. The third kappa shape index (κ3) is 2.84. The highest BCUT2D eigenvalue weighted by molar-refractivity contribution is 7.07. The van der Waals surface area contributed by atoms with Gasteiger partial charge in [0.15, 0.2) is 0 Å². The molecular weight excluding hydrogens is 288 g/mol. The Labute approximate surface area is 127 Å². The molecule has 0 unspecified atom stereocenters. The number of rotatable bonds is 4. The maximum atomic E-state index is 12.5. The standard InChI is InChI=1S/C14H18N4O2S/c1-17-14-11(8-20-2)6-18(7-12(14)15-16-17)13(19)5-10-3-4-21-9-10/h3-4,9,11H,5-8H2,1-2H3/t11-/m1/s1. The highest BCUT2D eigenvalue weighted by Gasteiger charge is 2.32. The molecule has 0 saturated heterocycles. The molecule has 1 amide bonds. The summed E-state index contributed by atoms with van der Waals surface area (Å²) in [5, 5.41) is 12.3. The first-order chi connectivity index (χ1) is 10.2. The number of aromatic nitrogens is 3. The molecule has 3 rings (SSSR count). The molecule has 0 bridgehead atoms. The predicted molar refractivity (Wildman–Crippen MR) is 79.1 cm³/mol. The lowest BCUT2D eigenvalue weighted by Gasteiger charge is -2.32. The van der Waals surface area contributed by atoms with Gasteiger partial charge in [-0.1, -0.05) is 5.21 Å². The molecule has 6 nitrogen and oxygen atoms in total. The zero-order chi connectivity index (χ0) is 14.8. The van der Waals surface area contributed by atoms with Crippen LogP contribution < -0.4 is 0 Å². The molecule has 1 aliphatic heterocycles. The van der Waals surface area contributed by atoms with Gasteiger partial charge in [-0.05, 0) is 22.4 Å². The lowest BCUT2D eigenvalue weighted by Crippen LogP contribution is -2.40. The van der Waals surface area contributed by atoms with Crippen LogP contribution in [0, 0.1) is 0 Å². The van der Waals surface area contributed by atoms with Gasteiger partial charge in [0, 0.05) is 26.6 Å². The van der Waals surface area contributed by atoms with Crippen LogP contribution in [0.1, 0.15) is 22.9 Å². The number of nitrogens with zero attached hydrogens (tertiary/aromatic N) is 4. The van der Waals surface area contributed by atoms with E-state index < -0.39 is 0 Å². The number of carbonyl (C=O) groups excluding carboxylic acids is 1. The molecule has 3 heterocycles. The summed E-state index contributed by atoms with van der Waals surface area (Å²) in [4.78, 5) is 14.3. The van der Waals surface area contributed by atoms with E-state index in [1.165, 1.54) is 0 Å². The largest absolute Gasteiger partial charge is 0.384 e. The molecule has 0 N–H and O–H groups in total. The average Bonchev–Trinajstić information content (AvgIpc) is 3.09. The van der Waals surface area contributed by atoms with Crippen LogP contribution in [0.5, 0.6) is 0 Å². The maximum absolute atomic E-state index is 12.5. The molecule has 0 radical (unpaired) electrons. The van der Waals surface area contributed by atoms with Crippen molar-refractivity contribution in [3.05, 3.63) is 33.8 Å². The molecule has 21 heavy (non-hydrogen) atoms. The van der Waals surface area contributed by atoms with Gasteiger partial charge in [0.25, 0.3) is 0 Å². The third-order valence-electron chi connectivity index (χ3n) is 3.77. The lowest BCUT2D eigenvalue weighted by molar-refractivity contribution is -0.132. The molecule has 0 spiro atoms. The smallest absolute Gasteiger partial charge is 0.227 e.